The molecule has 0 saturated carbocycles. The third-order valence-corrected chi connectivity index (χ3v) is 3.24. The minimum absolute atomic E-state index is 0.247. The van der Waals surface area contributed by atoms with Crippen molar-refractivity contribution in [1.29, 1.82) is 0 Å². The summed E-state index contributed by atoms with van der Waals surface area (Å²) in [5.74, 6) is -1.36. The number of anilines is 1. The number of ether oxygens (including phenoxy) is 1. The Morgan fingerprint density at radius 1 is 1.00 bits per heavy atom. The molecule has 0 atom stereocenters. The molecule has 0 fully saturated rings. The smallest absolute Gasteiger partial charge is 0.315 e. The van der Waals surface area contributed by atoms with Gasteiger partial charge in [-0.05, 0) is 23.8 Å². The maximum absolute atomic E-state index is 12.2. The zero-order valence-corrected chi connectivity index (χ0v) is 13.2. The lowest BCUT2D eigenvalue weighted by molar-refractivity contribution is -0.142. The van der Waals surface area contributed by atoms with E-state index in [2.05, 4.69) is 15.4 Å². The van der Waals surface area contributed by atoms with Crippen LogP contribution in [0.5, 0.6) is 0 Å². The van der Waals surface area contributed by atoms with Crippen LogP contribution in [0.4, 0.5) is 5.69 Å². The first-order valence-corrected chi connectivity index (χ1v) is 7.37. The van der Waals surface area contributed by atoms with Crippen molar-refractivity contribution in [3.8, 4) is 0 Å². The molecule has 2 aromatic carbocycles. The van der Waals surface area contributed by atoms with Crippen molar-refractivity contribution < 1.29 is 19.1 Å². The predicted octanol–water partition coefficient (Wildman–Crippen LogP) is 2.12. The van der Waals surface area contributed by atoms with Crippen LogP contribution in [-0.4, -0.2) is 24.9 Å². The molecule has 0 heterocycles. The fourth-order valence-corrected chi connectivity index (χ4v) is 2.03. The lowest BCUT2D eigenvalue weighted by Crippen LogP contribution is -2.23. The van der Waals surface area contributed by atoms with Crippen molar-refractivity contribution in [1.82, 2.24) is 5.32 Å². The van der Waals surface area contributed by atoms with Gasteiger partial charge in [-0.15, -0.1) is 0 Å². The summed E-state index contributed by atoms with van der Waals surface area (Å²) in [6.07, 6.45) is -0.374. The number of hydrogen-bond donors (Lipinski definition) is 2. The highest BCUT2D eigenvalue weighted by Gasteiger charge is 2.11. The van der Waals surface area contributed by atoms with Crippen LogP contribution in [0.2, 0.25) is 0 Å². The van der Waals surface area contributed by atoms with E-state index in [1.807, 2.05) is 30.3 Å². The molecule has 2 aromatic rings. The average Bonchev–Trinajstić information content (AvgIpc) is 2.60. The molecule has 2 rings (SSSR count). The zero-order valence-electron chi connectivity index (χ0n) is 13.2. The fourth-order valence-electron chi connectivity index (χ4n) is 2.03. The highest BCUT2D eigenvalue weighted by molar-refractivity contribution is 6.02. The van der Waals surface area contributed by atoms with Crippen molar-refractivity contribution in [2.24, 2.45) is 0 Å². The molecule has 0 spiro atoms. The van der Waals surface area contributed by atoms with E-state index in [-0.39, 0.29) is 12.3 Å². The molecule has 2 N–H and O–H groups in total. The van der Waals surface area contributed by atoms with Crippen LogP contribution < -0.4 is 10.6 Å². The molecule has 0 saturated heterocycles. The normalized spacial score (nSPS) is 9.88. The fraction of sp³-hybridized carbons (Fsp3) is 0.167. The summed E-state index contributed by atoms with van der Waals surface area (Å²) in [7, 11) is 1.22. The van der Waals surface area contributed by atoms with Gasteiger partial charge in [0, 0.05) is 17.8 Å². The number of rotatable bonds is 6. The Morgan fingerprint density at radius 3 is 2.46 bits per heavy atom. The highest BCUT2D eigenvalue weighted by Crippen LogP contribution is 2.11. The monoisotopic (exact) mass is 326 g/mol. The van der Waals surface area contributed by atoms with Crippen molar-refractivity contribution in [2.75, 3.05) is 12.4 Å². The van der Waals surface area contributed by atoms with E-state index in [9.17, 15) is 14.4 Å². The number of nitrogens with one attached hydrogen (secondary N) is 2. The molecule has 0 aliphatic rings. The Bertz CT molecular complexity index is 729. The molecule has 6 nitrogen and oxygen atoms in total. The van der Waals surface area contributed by atoms with Gasteiger partial charge in [-0.3, -0.25) is 14.4 Å². The SMILES string of the molecule is COC(=O)CC(=O)Nc1cccc(C(=O)NCc2ccccc2)c1. The maximum Gasteiger partial charge on any atom is 0.315 e. The molecule has 0 aromatic heterocycles. The molecule has 0 bridgehead atoms. The predicted molar refractivity (Wildman–Crippen MR) is 89.3 cm³/mol. The summed E-state index contributed by atoms with van der Waals surface area (Å²) < 4.78 is 4.43. The van der Waals surface area contributed by atoms with Gasteiger partial charge in [0.15, 0.2) is 0 Å². The summed E-state index contributed by atoms with van der Waals surface area (Å²) in [5.41, 5.74) is 1.85. The third-order valence-electron chi connectivity index (χ3n) is 3.24. The second kappa shape index (κ2) is 8.47. The summed E-state index contributed by atoms with van der Waals surface area (Å²) in [6.45, 7) is 0.415. The van der Waals surface area contributed by atoms with Gasteiger partial charge in [0.05, 0.1) is 7.11 Å². The number of esters is 1. The topological polar surface area (TPSA) is 84.5 Å². The van der Waals surface area contributed by atoms with Crippen LogP contribution in [-0.2, 0) is 20.9 Å². The van der Waals surface area contributed by atoms with Crippen LogP contribution in [0.1, 0.15) is 22.3 Å². The Morgan fingerprint density at radius 2 is 1.75 bits per heavy atom. The highest BCUT2D eigenvalue weighted by atomic mass is 16.5. The van der Waals surface area contributed by atoms with Gasteiger partial charge in [0.25, 0.3) is 5.91 Å². The van der Waals surface area contributed by atoms with Gasteiger partial charge in [-0.1, -0.05) is 36.4 Å². The van der Waals surface area contributed by atoms with Crippen LogP contribution in [0, 0.1) is 0 Å². The summed E-state index contributed by atoms with van der Waals surface area (Å²) in [5, 5.41) is 5.37. The van der Waals surface area contributed by atoms with Crippen LogP contribution in [0.3, 0.4) is 0 Å². The molecule has 0 aliphatic carbocycles. The number of carbonyl (C=O) groups is 3. The number of methoxy groups -OCH3 is 1. The largest absolute Gasteiger partial charge is 0.469 e. The van der Waals surface area contributed by atoms with Gasteiger partial charge < -0.3 is 15.4 Å². The number of carbonyl (C=O) groups excluding carboxylic acids is 3. The van der Waals surface area contributed by atoms with Crippen molar-refractivity contribution >= 4 is 23.5 Å². The lowest BCUT2D eigenvalue weighted by atomic mass is 10.1. The molecule has 0 radical (unpaired) electrons. The molecular weight excluding hydrogens is 308 g/mol. The van der Waals surface area contributed by atoms with E-state index in [1.54, 1.807) is 24.3 Å². The van der Waals surface area contributed by atoms with E-state index >= 15 is 0 Å². The van der Waals surface area contributed by atoms with Crippen LogP contribution >= 0.6 is 0 Å². The second-order valence-electron chi connectivity index (χ2n) is 5.05. The Labute approximate surface area is 139 Å². The van der Waals surface area contributed by atoms with Gasteiger partial charge in [0.1, 0.15) is 6.42 Å². The van der Waals surface area contributed by atoms with E-state index in [1.165, 1.54) is 7.11 Å². The maximum atomic E-state index is 12.2. The summed E-state index contributed by atoms with van der Waals surface area (Å²) >= 11 is 0. The first kappa shape index (κ1) is 17.2. The average molecular weight is 326 g/mol. The number of hydrogen-bond acceptors (Lipinski definition) is 4. The number of benzene rings is 2. The van der Waals surface area contributed by atoms with E-state index < -0.39 is 11.9 Å². The van der Waals surface area contributed by atoms with Gasteiger partial charge >= 0.3 is 5.97 Å². The second-order valence-corrected chi connectivity index (χ2v) is 5.05. The minimum Gasteiger partial charge on any atom is -0.469 e. The van der Waals surface area contributed by atoms with E-state index in [0.29, 0.717) is 17.8 Å². The van der Waals surface area contributed by atoms with Gasteiger partial charge in [-0.25, -0.2) is 0 Å². The van der Waals surface area contributed by atoms with Crippen molar-refractivity contribution in [2.45, 2.75) is 13.0 Å². The minimum atomic E-state index is -0.621. The van der Waals surface area contributed by atoms with E-state index in [0.717, 1.165) is 5.56 Å². The summed E-state index contributed by atoms with van der Waals surface area (Å²) in [4.78, 5) is 34.9. The molecule has 124 valence electrons. The first-order chi connectivity index (χ1) is 11.6. The van der Waals surface area contributed by atoms with Crippen molar-refractivity contribution in [3.63, 3.8) is 0 Å². The first-order valence-electron chi connectivity index (χ1n) is 7.37. The quantitative estimate of drug-likeness (QED) is 0.629. The van der Waals surface area contributed by atoms with Crippen molar-refractivity contribution in [3.05, 3.63) is 65.7 Å². The Hall–Kier alpha value is -3.15. The molecule has 2 amide bonds. The lowest BCUT2D eigenvalue weighted by Gasteiger charge is -2.08. The molecule has 6 heteroatoms. The third kappa shape index (κ3) is 5.24. The van der Waals surface area contributed by atoms with Gasteiger partial charge in [-0.2, -0.15) is 0 Å². The number of amides is 2. The van der Waals surface area contributed by atoms with Crippen LogP contribution in [0.25, 0.3) is 0 Å². The molecule has 24 heavy (non-hydrogen) atoms. The summed E-state index contributed by atoms with van der Waals surface area (Å²) in [6, 6.07) is 16.1. The van der Waals surface area contributed by atoms with Crippen LogP contribution in [0.15, 0.2) is 54.6 Å². The molecular formula is C18H18N2O4. The molecule has 0 unspecified atom stereocenters. The Kier molecular flexibility index (Phi) is 6.08. The Balaban J connectivity index is 1.95. The standard InChI is InChI=1S/C18H18N2O4/c1-24-17(22)11-16(21)20-15-9-5-8-14(10-15)18(23)19-12-13-6-3-2-4-7-13/h2-10H,11-12H2,1H3,(H,19,23)(H,20,21). The van der Waals surface area contributed by atoms with Gasteiger partial charge in [0.2, 0.25) is 5.91 Å². The molecule has 0 aliphatic heterocycles. The zero-order chi connectivity index (χ0) is 17.4. The van der Waals surface area contributed by atoms with E-state index in [4.69, 9.17) is 0 Å².